The topological polar surface area (TPSA) is 136 Å². The molecule has 2 saturated heterocycles. The molecule has 164 valence electrons. The summed E-state index contributed by atoms with van der Waals surface area (Å²) in [6, 6.07) is 1.71. The monoisotopic (exact) mass is 422 g/mol. The van der Waals surface area contributed by atoms with E-state index in [2.05, 4.69) is 20.8 Å². The molecule has 0 aromatic carbocycles. The number of hydrogen-bond donors (Lipinski definition) is 3. The third-order valence-corrected chi connectivity index (χ3v) is 5.50. The zero-order chi connectivity index (χ0) is 21.8. The number of alkyl halides is 1. The standard InChI is InChI=1S/C18H27FN8O3/c1-25-5-6-27(10-14(25)28)13-3-4-21-8-12(13)23-18(29)15(16(20)24-30)17-22-7-11(19)9-26(17)2/h3-4,8,11,15-17,22H,5-7,9-10,20H2,1-2H3,(H,23,29). The Morgan fingerprint density at radius 3 is 2.87 bits per heavy atom. The lowest BCUT2D eigenvalue weighted by Gasteiger charge is -2.40. The summed E-state index contributed by atoms with van der Waals surface area (Å²) >= 11 is 0. The summed E-state index contributed by atoms with van der Waals surface area (Å²) in [6.07, 6.45) is -0.0266. The van der Waals surface area contributed by atoms with Crippen LogP contribution in [0.15, 0.2) is 23.6 Å². The van der Waals surface area contributed by atoms with Crippen LogP contribution < -0.4 is 21.3 Å². The molecule has 11 nitrogen and oxygen atoms in total. The number of carbonyl (C=O) groups is 2. The minimum Gasteiger partial charge on any atom is -0.359 e. The summed E-state index contributed by atoms with van der Waals surface area (Å²) in [5.74, 6) is -1.63. The molecule has 1 aromatic heterocycles. The zero-order valence-corrected chi connectivity index (χ0v) is 17.0. The number of amides is 2. The Hall–Kier alpha value is -2.70. The number of carbonyl (C=O) groups excluding carboxylic acids is 2. The summed E-state index contributed by atoms with van der Waals surface area (Å²) in [5.41, 5.74) is 6.87. The van der Waals surface area contributed by atoms with Crippen molar-refractivity contribution in [3.8, 4) is 0 Å². The van der Waals surface area contributed by atoms with Crippen LogP contribution in [0.2, 0.25) is 0 Å². The summed E-state index contributed by atoms with van der Waals surface area (Å²) in [7, 11) is 3.38. The first-order chi connectivity index (χ1) is 14.3. The first kappa shape index (κ1) is 22.0. The van der Waals surface area contributed by atoms with Gasteiger partial charge in [0.25, 0.3) is 0 Å². The van der Waals surface area contributed by atoms with Gasteiger partial charge in [0.1, 0.15) is 12.1 Å². The van der Waals surface area contributed by atoms with Gasteiger partial charge in [0.15, 0.2) is 6.17 Å². The minimum absolute atomic E-state index is 0.0331. The van der Waals surface area contributed by atoms with Crippen LogP contribution in [0.3, 0.4) is 0 Å². The highest BCUT2D eigenvalue weighted by molar-refractivity contribution is 5.97. The predicted octanol–water partition coefficient (Wildman–Crippen LogP) is -0.835. The molecular weight excluding hydrogens is 395 g/mol. The van der Waals surface area contributed by atoms with Gasteiger partial charge in [-0.05, 0) is 13.1 Å². The molecule has 0 bridgehead atoms. The molecule has 4 N–H and O–H groups in total. The number of piperazine rings is 1. The van der Waals surface area contributed by atoms with Crippen molar-refractivity contribution in [2.24, 2.45) is 16.8 Å². The van der Waals surface area contributed by atoms with Gasteiger partial charge in [0.05, 0.1) is 30.3 Å². The maximum Gasteiger partial charge on any atom is 0.241 e. The van der Waals surface area contributed by atoms with Gasteiger partial charge >= 0.3 is 0 Å². The van der Waals surface area contributed by atoms with Crippen molar-refractivity contribution < 1.29 is 14.0 Å². The highest BCUT2D eigenvalue weighted by atomic mass is 19.1. The van der Waals surface area contributed by atoms with Crippen LogP contribution in [-0.4, -0.2) is 91.9 Å². The number of hydrogen-bond acceptors (Lipinski definition) is 9. The van der Waals surface area contributed by atoms with Crippen LogP contribution in [0.25, 0.3) is 0 Å². The van der Waals surface area contributed by atoms with Crippen molar-refractivity contribution in [2.75, 3.05) is 57.0 Å². The summed E-state index contributed by atoms with van der Waals surface area (Å²) in [5, 5.41) is 8.54. The maximum absolute atomic E-state index is 13.7. The Balaban J connectivity index is 1.81. The summed E-state index contributed by atoms with van der Waals surface area (Å²) in [6.45, 7) is 1.48. The van der Waals surface area contributed by atoms with E-state index in [-0.39, 0.29) is 25.5 Å². The lowest BCUT2D eigenvalue weighted by Crippen LogP contribution is -2.62. The molecule has 2 fully saturated rings. The molecule has 0 saturated carbocycles. The number of anilines is 2. The predicted molar refractivity (Wildman–Crippen MR) is 109 cm³/mol. The Bertz CT molecular complexity index is 796. The largest absolute Gasteiger partial charge is 0.359 e. The molecule has 2 aliphatic heterocycles. The van der Waals surface area contributed by atoms with Crippen molar-refractivity contribution in [1.82, 2.24) is 20.1 Å². The number of nitrogens with zero attached hydrogens (tertiary/aromatic N) is 5. The number of halogens is 1. The number of pyridine rings is 1. The van der Waals surface area contributed by atoms with Crippen molar-refractivity contribution in [1.29, 1.82) is 0 Å². The molecule has 3 heterocycles. The lowest BCUT2D eigenvalue weighted by atomic mass is 9.98. The minimum atomic E-state index is -1.33. The van der Waals surface area contributed by atoms with E-state index in [9.17, 15) is 18.9 Å². The fourth-order valence-electron chi connectivity index (χ4n) is 3.79. The summed E-state index contributed by atoms with van der Waals surface area (Å²) in [4.78, 5) is 45.5. The van der Waals surface area contributed by atoms with Gasteiger partial charge in [-0.25, -0.2) is 4.39 Å². The second-order valence-corrected chi connectivity index (χ2v) is 7.63. The van der Waals surface area contributed by atoms with Crippen LogP contribution in [0.4, 0.5) is 15.8 Å². The second kappa shape index (κ2) is 9.41. The van der Waals surface area contributed by atoms with Crippen LogP contribution in [0.5, 0.6) is 0 Å². The Labute approximate surface area is 173 Å². The molecular formula is C18H27FN8O3. The number of nitroso groups, excluding NO2 is 1. The molecule has 2 amide bonds. The average Bonchev–Trinajstić information content (AvgIpc) is 2.72. The van der Waals surface area contributed by atoms with E-state index in [0.717, 1.165) is 0 Å². The Morgan fingerprint density at radius 1 is 1.43 bits per heavy atom. The van der Waals surface area contributed by atoms with Gasteiger partial charge < -0.3 is 20.9 Å². The van der Waals surface area contributed by atoms with Crippen LogP contribution in [0, 0.1) is 10.8 Å². The van der Waals surface area contributed by atoms with E-state index < -0.39 is 30.3 Å². The van der Waals surface area contributed by atoms with Gasteiger partial charge in [-0.3, -0.25) is 24.8 Å². The third-order valence-electron chi connectivity index (χ3n) is 5.50. The molecule has 2 aliphatic rings. The van der Waals surface area contributed by atoms with Gasteiger partial charge in [-0.15, -0.1) is 4.91 Å². The molecule has 0 radical (unpaired) electrons. The number of nitrogens with two attached hydrogens (primary N) is 1. The van der Waals surface area contributed by atoms with Crippen molar-refractivity contribution in [2.45, 2.75) is 18.5 Å². The fourth-order valence-corrected chi connectivity index (χ4v) is 3.79. The number of rotatable bonds is 6. The molecule has 3 rings (SSSR count). The quantitative estimate of drug-likeness (QED) is 0.505. The zero-order valence-electron chi connectivity index (χ0n) is 17.0. The highest BCUT2D eigenvalue weighted by Gasteiger charge is 2.40. The Morgan fingerprint density at radius 2 is 2.20 bits per heavy atom. The number of likely N-dealkylation sites (N-methyl/N-ethyl adjacent to an activating group) is 1. The van der Waals surface area contributed by atoms with E-state index in [1.54, 1.807) is 36.2 Å². The second-order valence-electron chi connectivity index (χ2n) is 7.63. The SMILES string of the molecule is CN1CCN(c2ccncc2NC(=O)C(C(N)N=O)C2NCC(F)CN2C)CC1=O. The molecule has 4 atom stereocenters. The Kier molecular flexibility index (Phi) is 6.90. The van der Waals surface area contributed by atoms with Crippen LogP contribution in [-0.2, 0) is 9.59 Å². The van der Waals surface area contributed by atoms with Crippen molar-refractivity contribution in [3.63, 3.8) is 0 Å². The highest BCUT2D eigenvalue weighted by Crippen LogP contribution is 2.27. The fraction of sp³-hybridized carbons (Fsp3) is 0.611. The normalized spacial score (nSPS) is 25.0. The molecule has 1 aromatic rings. The van der Waals surface area contributed by atoms with Crippen LogP contribution in [0.1, 0.15) is 0 Å². The summed E-state index contributed by atoms with van der Waals surface area (Å²) < 4.78 is 13.7. The van der Waals surface area contributed by atoms with Gasteiger partial charge in [-0.1, -0.05) is 5.18 Å². The van der Waals surface area contributed by atoms with E-state index in [4.69, 9.17) is 5.73 Å². The average molecular weight is 422 g/mol. The lowest BCUT2D eigenvalue weighted by molar-refractivity contribution is -0.129. The smallest absolute Gasteiger partial charge is 0.241 e. The van der Waals surface area contributed by atoms with Gasteiger partial charge in [0, 0.05) is 39.4 Å². The van der Waals surface area contributed by atoms with Gasteiger partial charge in [-0.2, -0.15) is 0 Å². The number of aromatic nitrogens is 1. The van der Waals surface area contributed by atoms with Crippen LogP contribution >= 0.6 is 0 Å². The molecule has 30 heavy (non-hydrogen) atoms. The van der Waals surface area contributed by atoms with Crippen molar-refractivity contribution in [3.05, 3.63) is 23.4 Å². The third kappa shape index (κ3) is 4.71. The van der Waals surface area contributed by atoms with Gasteiger partial charge in [0.2, 0.25) is 11.8 Å². The molecule has 0 aliphatic carbocycles. The molecule has 12 heteroatoms. The van der Waals surface area contributed by atoms with E-state index in [0.29, 0.717) is 24.5 Å². The van der Waals surface area contributed by atoms with E-state index >= 15 is 0 Å². The first-order valence-corrected chi connectivity index (χ1v) is 9.71. The van der Waals surface area contributed by atoms with E-state index in [1.165, 1.54) is 6.20 Å². The van der Waals surface area contributed by atoms with E-state index in [1.807, 2.05) is 4.90 Å². The first-order valence-electron chi connectivity index (χ1n) is 9.71. The molecule has 4 unspecified atom stereocenters. The number of nitrogens with one attached hydrogen (secondary N) is 2. The maximum atomic E-state index is 13.7. The molecule has 0 spiro atoms. The van der Waals surface area contributed by atoms with Crippen molar-refractivity contribution >= 4 is 23.2 Å².